The van der Waals surface area contributed by atoms with Crippen LogP contribution in [0.2, 0.25) is 0 Å². The summed E-state index contributed by atoms with van der Waals surface area (Å²) >= 11 is 0. The van der Waals surface area contributed by atoms with Crippen LogP contribution in [0.1, 0.15) is 54.7 Å². The van der Waals surface area contributed by atoms with Crippen LogP contribution in [-0.4, -0.2) is 58.5 Å². The van der Waals surface area contributed by atoms with Crippen molar-refractivity contribution in [2.45, 2.75) is 46.2 Å². The molecule has 39 heavy (non-hydrogen) atoms. The van der Waals surface area contributed by atoms with Crippen LogP contribution in [0, 0.1) is 23.7 Å². The first kappa shape index (κ1) is 27.8. The first-order chi connectivity index (χ1) is 18.5. The zero-order valence-electron chi connectivity index (χ0n) is 23.3. The molecule has 1 aromatic heterocycles. The lowest BCUT2D eigenvalue weighted by Gasteiger charge is -2.27. The van der Waals surface area contributed by atoms with E-state index in [1.165, 1.54) is 0 Å². The average molecular weight is 528 g/mol. The van der Waals surface area contributed by atoms with Gasteiger partial charge >= 0.3 is 0 Å². The van der Waals surface area contributed by atoms with Crippen molar-refractivity contribution in [2.24, 2.45) is 11.1 Å². The van der Waals surface area contributed by atoms with Gasteiger partial charge in [-0.3, -0.25) is 9.69 Å². The predicted molar refractivity (Wildman–Crippen MR) is 154 cm³/mol. The molecule has 3 aromatic rings. The predicted octanol–water partition coefficient (Wildman–Crippen LogP) is 4.26. The molecule has 1 aliphatic rings. The molecule has 0 aliphatic carbocycles. The summed E-state index contributed by atoms with van der Waals surface area (Å²) in [7, 11) is 1.96. The lowest BCUT2D eigenvalue weighted by Crippen LogP contribution is -2.32. The standard InChI is InChI=1S/C29H37N9O/c1-19-11-12-21(25(31)39)15-23(19)33-27-34-26(35-28(36-27)37(5)18-29(2,3)4)32-22-13-14-38(17-22)24(16-30)20-9-7-6-8-10-20/h6-12,15,22,24H,13-14,17-18H2,1-5H3,(H2,31,39)(H2,32,33,34,35,36)/t22-,24?/m0/s1. The topological polar surface area (TPSA) is 136 Å². The minimum absolute atomic E-state index is 0.0324. The minimum atomic E-state index is -0.501. The fourth-order valence-electron chi connectivity index (χ4n) is 4.79. The SMILES string of the molecule is Cc1ccc(C(N)=O)cc1Nc1nc(N[C@H]2CCN(C(C#N)c3ccccc3)C2)nc(N(C)CC(C)(C)C)n1. The first-order valence-corrected chi connectivity index (χ1v) is 13.1. The van der Waals surface area contributed by atoms with Crippen LogP contribution >= 0.6 is 0 Å². The van der Waals surface area contributed by atoms with Gasteiger partial charge in [0.2, 0.25) is 23.8 Å². The van der Waals surface area contributed by atoms with Gasteiger partial charge in [0.1, 0.15) is 6.04 Å². The van der Waals surface area contributed by atoms with Crippen LogP contribution in [0.15, 0.2) is 48.5 Å². The molecule has 4 rings (SSSR count). The zero-order valence-corrected chi connectivity index (χ0v) is 23.3. The highest BCUT2D eigenvalue weighted by Crippen LogP contribution is 2.27. The summed E-state index contributed by atoms with van der Waals surface area (Å²) < 4.78 is 0. The van der Waals surface area contributed by atoms with E-state index in [1.54, 1.807) is 12.1 Å². The highest BCUT2D eigenvalue weighted by atomic mass is 16.1. The number of amides is 1. The van der Waals surface area contributed by atoms with Crippen LogP contribution in [0.25, 0.3) is 0 Å². The van der Waals surface area contributed by atoms with Crippen molar-refractivity contribution in [1.29, 1.82) is 5.26 Å². The molecule has 0 saturated carbocycles. The number of nitriles is 1. The first-order valence-electron chi connectivity index (χ1n) is 13.1. The number of primary amides is 1. The molecule has 1 fully saturated rings. The van der Waals surface area contributed by atoms with E-state index in [2.05, 4.69) is 52.3 Å². The summed E-state index contributed by atoms with van der Waals surface area (Å²) in [6.07, 6.45) is 0.854. The third-order valence-electron chi connectivity index (χ3n) is 6.60. The number of likely N-dealkylation sites (tertiary alicyclic amines) is 1. The van der Waals surface area contributed by atoms with Crippen LogP contribution in [0.5, 0.6) is 0 Å². The summed E-state index contributed by atoms with van der Waals surface area (Å²) in [5.41, 5.74) is 8.54. The van der Waals surface area contributed by atoms with Gasteiger partial charge in [0.05, 0.1) is 6.07 Å². The van der Waals surface area contributed by atoms with Crippen LogP contribution in [0.4, 0.5) is 23.5 Å². The maximum atomic E-state index is 11.7. The Hall–Kier alpha value is -4.23. The summed E-state index contributed by atoms with van der Waals surface area (Å²) in [5.74, 6) is 0.843. The molecular weight excluding hydrogens is 490 g/mol. The number of anilines is 4. The number of nitrogens with one attached hydrogen (secondary N) is 2. The third kappa shape index (κ3) is 7.21. The lowest BCUT2D eigenvalue weighted by atomic mass is 9.96. The van der Waals surface area contributed by atoms with Gasteiger partial charge in [-0.15, -0.1) is 0 Å². The quantitative estimate of drug-likeness (QED) is 0.373. The Bertz CT molecular complexity index is 1350. The number of nitrogens with zero attached hydrogens (tertiary/aromatic N) is 6. The maximum absolute atomic E-state index is 11.7. The fourth-order valence-corrected chi connectivity index (χ4v) is 4.79. The van der Waals surface area contributed by atoms with Crippen LogP contribution < -0.4 is 21.3 Å². The largest absolute Gasteiger partial charge is 0.366 e. The Morgan fingerprint density at radius 3 is 2.56 bits per heavy atom. The van der Waals surface area contributed by atoms with Gasteiger partial charge in [0, 0.05) is 44.0 Å². The molecular formula is C29H37N9O. The van der Waals surface area contributed by atoms with Crippen molar-refractivity contribution >= 4 is 29.4 Å². The van der Waals surface area contributed by atoms with E-state index in [1.807, 2.05) is 55.3 Å². The second kappa shape index (κ2) is 11.7. The number of carbonyl (C=O) groups is 1. The van der Waals surface area contributed by atoms with Crippen molar-refractivity contribution in [3.05, 3.63) is 65.2 Å². The molecule has 1 unspecified atom stereocenters. The van der Waals surface area contributed by atoms with Gasteiger partial charge in [-0.05, 0) is 42.0 Å². The molecule has 1 aliphatic heterocycles. The second-order valence-corrected chi connectivity index (χ2v) is 11.3. The Morgan fingerprint density at radius 1 is 1.18 bits per heavy atom. The van der Waals surface area contributed by atoms with Gasteiger partial charge in [-0.25, -0.2) is 0 Å². The molecule has 10 heteroatoms. The number of nitrogens with two attached hydrogens (primary N) is 1. The summed E-state index contributed by atoms with van der Waals surface area (Å²) in [6.45, 7) is 10.6. The van der Waals surface area contributed by atoms with E-state index in [4.69, 9.17) is 10.7 Å². The van der Waals surface area contributed by atoms with Gasteiger partial charge in [0.15, 0.2) is 0 Å². The van der Waals surface area contributed by atoms with Crippen LogP contribution in [0.3, 0.4) is 0 Å². The molecule has 0 bridgehead atoms. The number of aryl methyl sites for hydroxylation is 1. The molecule has 1 amide bonds. The number of rotatable bonds is 9. The van der Waals surface area contributed by atoms with Gasteiger partial charge in [-0.1, -0.05) is 57.2 Å². The monoisotopic (exact) mass is 527 g/mol. The normalized spacial score (nSPS) is 16.4. The molecule has 10 nitrogen and oxygen atoms in total. The van der Waals surface area contributed by atoms with E-state index >= 15 is 0 Å². The van der Waals surface area contributed by atoms with Crippen molar-refractivity contribution < 1.29 is 4.79 Å². The van der Waals surface area contributed by atoms with Crippen LogP contribution in [-0.2, 0) is 0 Å². The Morgan fingerprint density at radius 2 is 1.90 bits per heavy atom. The van der Waals surface area contributed by atoms with Gasteiger partial charge in [-0.2, -0.15) is 20.2 Å². The van der Waals surface area contributed by atoms with E-state index < -0.39 is 5.91 Å². The van der Waals surface area contributed by atoms with Gasteiger partial charge < -0.3 is 21.3 Å². The third-order valence-corrected chi connectivity index (χ3v) is 6.60. The molecule has 2 heterocycles. The van der Waals surface area contributed by atoms with E-state index in [0.29, 0.717) is 35.6 Å². The van der Waals surface area contributed by atoms with Crippen molar-refractivity contribution in [1.82, 2.24) is 19.9 Å². The molecule has 1 saturated heterocycles. The Labute approximate surface area is 230 Å². The molecule has 4 N–H and O–H groups in total. The zero-order chi connectivity index (χ0) is 28.2. The Kier molecular flexibility index (Phi) is 8.31. The Balaban J connectivity index is 1.58. The molecule has 0 radical (unpaired) electrons. The summed E-state index contributed by atoms with van der Waals surface area (Å²) in [5, 5.41) is 16.6. The molecule has 204 valence electrons. The summed E-state index contributed by atoms with van der Waals surface area (Å²) in [6, 6.07) is 17.3. The molecule has 2 aromatic carbocycles. The van der Waals surface area contributed by atoms with Crippen molar-refractivity contribution in [3.63, 3.8) is 0 Å². The van der Waals surface area contributed by atoms with Gasteiger partial charge in [0.25, 0.3) is 0 Å². The van der Waals surface area contributed by atoms with E-state index in [-0.39, 0.29) is 17.5 Å². The van der Waals surface area contributed by atoms with Crippen molar-refractivity contribution in [2.75, 3.05) is 42.2 Å². The number of aromatic nitrogens is 3. The maximum Gasteiger partial charge on any atom is 0.248 e. The van der Waals surface area contributed by atoms with E-state index in [9.17, 15) is 10.1 Å². The highest BCUT2D eigenvalue weighted by Gasteiger charge is 2.30. The highest BCUT2D eigenvalue weighted by molar-refractivity contribution is 5.94. The second-order valence-electron chi connectivity index (χ2n) is 11.3. The molecule has 2 atom stereocenters. The summed E-state index contributed by atoms with van der Waals surface area (Å²) in [4.78, 5) is 30.0. The number of carbonyl (C=O) groups excluding carboxylic acids is 1. The average Bonchev–Trinajstić information content (AvgIpc) is 3.33. The lowest BCUT2D eigenvalue weighted by molar-refractivity contribution is 0.100. The molecule has 0 spiro atoms. The van der Waals surface area contributed by atoms with E-state index in [0.717, 1.165) is 30.6 Å². The smallest absolute Gasteiger partial charge is 0.248 e. The number of hydrogen-bond acceptors (Lipinski definition) is 9. The van der Waals surface area contributed by atoms with Crippen molar-refractivity contribution in [3.8, 4) is 6.07 Å². The fraction of sp³-hybridized carbons (Fsp3) is 0.414. The minimum Gasteiger partial charge on any atom is -0.366 e. The number of benzene rings is 2. The number of hydrogen-bond donors (Lipinski definition) is 3.